The molecule has 23 heavy (non-hydrogen) atoms. The van der Waals surface area contributed by atoms with Crippen LogP contribution in [-0.2, 0) is 4.74 Å². The number of nitrogens with two attached hydrogens (primary N) is 2. The van der Waals surface area contributed by atoms with Crippen LogP contribution in [0.4, 0.5) is 9.59 Å². The number of aliphatic imine (C=N–C) groups is 2. The van der Waals surface area contributed by atoms with Crippen molar-refractivity contribution in [1.82, 2.24) is 4.90 Å². The summed E-state index contributed by atoms with van der Waals surface area (Å²) in [6.07, 6.45) is 3.01. The van der Waals surface area contributed by atoms with Crippen LogP contribution in [0.15, 0.2) is 22.6 Å². The molecule has 0 aromatic heterocycles. The summed E-state index contributed by atoms with van der Waals surface area (Å²) in [4.78, 5) is 29.2. The van der Waals surface area contributed by atoms with Crippen LogP contribution in [0.5, 0.6) is 0 Å². The Hall–Kier alpha value is -2.10. The highest BCUT2D eigenvalue weighted by molar-refractivity contribution is 5.83. The zero-order valence-electron chi connectivity index (χ0n) is 13.9. The SMILES string of the molecule is C=CCOCC(O)CN(C(=O)N=CC)C(C)N.CC=NC(N)=O. The van der Waals surface area contributed by atoms with Crippen molar-refractivity contribution < 1.29 is 19.4 Å². The molecule has 0 rings (SSSR count). The number of carbonyl (C=O) groups is 2. The first-order valence-electron chi connectivity index (χ1n) is 6.99. The first-order chi connectivity index (χ1) is 10.8. The van der Waals surface area contributed by atoms with Crippen LogP contribution in [0.1, 0.15) is 20.8 Å². The highest BCUT2D eigenvalue weighted by Gasteiger charge is 2.19. The first kappa shape index (κ1) is 23.2. The summed E-state index contributed by atoms with van der Waals surface area (Å²) in [5.41, 5.74) is 10.2. The largest absolute Gasteiger partial charge is 0.389 e. The third-order valence-corrected chi connectivity index (χ3v) is 2.19. The van der Waals surface area contributed by atoms with Crippen molar-refractivity contribution >= 4 is 24.5 Å². The monoisotopic (exact) mass is 329 g/mol. The van der Waals surface area contributed by atoms with Crippen LogP contribution < -0.4 is 11.5 Å². The molecule has 0 saturated carbocycles. The number of urea groups is 2. The average molecular weight is 329 g/mol. The average Bonchev–Trinajstić information content (AvgIpc) is 2.45. The first-order valence-corrected chi connectivity index (χ1v) is 6.99. The van der Waals surface area contributed by atoms with Crippen molar-refractivity contribution in [1.29, 1.82) is 0 Å². The Bertz CT molecular complexity index is 410. The zero-order valence-corrected chi connectivity index (χ0v) is 13.9. The molecule has 4 amide bonds. The summed E-state index contributed by atoms with van der Waals surface area (Å²) in [6.45, 7) is 8.98. The highest BCUT2D eigenvalue weighted by Crippen LogP contribution is 2.00. The van der Waals surface area contributed by atoms with Crippen molar-refractivity contribution in [3.8, 4) is 0 Å². The summed E-state index contributed by atoms with van der Waals surface area (Å²) in [5, 5.41) is 9.65. The van der Waals surface area contributed by atoms with Gasteiger partial charge in [-0.15, -0.1) is 6.58 Å². The third kappa shape index (κ3) is 14.6. The number of hydrogen-bond acceptors (Lipinski definition) is 5. The summed E-state index contributed by atoms with van der Waals surface area (Å²) in [7, 11) is 0. The van der Waals surface area contributed by atoms with Crippen LogP contribution in [-0.4, -0.2) is 66.5 Å². The summed E-state index contributed by atoms with van der Waals surface area (Å²) >= 11 is 0. The van der Waals surface area contributed by atoms with E-state index in [1.54, 1.807) is 26.8 Å². The molecule has 0 fully saturated rings. The molecular weight excluding hydrogens is 302 g/mol. The van der Waals surface area contributed by atoms with Gasteiger partial charge in [0.2, 0.25) is 0 Å². The van der Waals surface area contributed by atoms with E-state index < -0.39 is 24.3 Å². The maximum absolute atomic E-state index is 11.5. The van der Waals surface area contributed by atoms with Crippen LogP contribution in [0.2, 0.25) is 0 Å². The van der Waals surface area contributed by atoms with Crippen molar-refractivity contribution in [2.45, 2.75) is 33.0 Å². The molecule has 9 nitrogen and oxygen atoms in total. The minimum Gasteiger partial charge on any atom is -0.389 e. The lowest BCUT2D eigenvalue weighted by Gasteiger charge is -2.26. The Morgan fingerprint density at radius 3 is 2.26 bits per heavy atom. The Labute approximate surface area is 136 Å². The lowest BCUT2D eigenvalue weighted by Crippen LogP contribution is -2.47. The lowest BCUT2D eigenvalue weighted by molar-refractivity contribution is 0.0284. The van der Waals surface area contributed by atoms with Crippen molar-refractivity contribution in [2.24, 2.45) is 21.5 Å². The van der Waals surface area contributed by atoms with Gasteiger partial charge >= 0.3 is 12.1 Å². The second-order valence-corrected chi connectivity index (χ2v) is 4.27. The maximum atomic E-state index is 11.5. The van der Waals surface area contributed by atoms with Gasteiger partial charge in [0.15, 0.2) is 0 Å². The fourth-order valence-corrected chi connectivity index (χ4v) is 1.30. The summed E-state index contributed by atoms with van der Waals surface area (Å²) in [5.74, 6) is 0. The van der Waals surface area contributed by atoms with Crippen LogP contribution in [0.3, 0.4) is 0 Å². The van der Waals surface area contributed by atoms with Gasteiger partial charge in [-0.2, -0.15) is 0 Å². The predicted molar refractivity (Wildman–Crippen MR) is 90.7 cm³/mol. The number of aliphatic hydroxyl groups excluding tert-OH is 1. The highest BCUT2D eigenvalue weighted by atomic mass is 16.5. The molecule has 0 saturated heterocycles. The van der Waals surface area contributed by atoms with Gasteiger partial charge in [-0.25, -0.2) is 19.6 Å². The number of nitrogens with zero attached hydrogens (tertiary/aromatic N) is 3. The van der Waals surface area contributed by atoms with E-state index in [2.05, 4.69) is 22.3 Å². The number of primary amides is 1. The molecule has 2 atom stereocenters. The topological polar surface area (TPSA) is 144 Å². The Morgan fingerprint density at radius 1 is 1.35 bits per heavy atom. The Balaban J connectivity index is 0. The van der Waals surface area contributed by atoms with Crippen molar-refractivity contribution in [3.63, 3.8) is 0 Å². The molecule has 0 aliphatic carbocycles. The number of aliphatic hydroxyl groups is 1. The van der Waals surface area contributed by atoms with E-state index in [4.69, 9.17) is 10.5 Å². The minimum absolute atomic E-state index is 0.0883. The molecule has 2 unspecified atom stereocenters. The second kappa shape index (κ2) is 14.8. The van der Waals surface area contributed by atoms with E-state index in [1.165, 1.54) is 17.3 Å². The molecular formula is C14H27N5O4. The van der Waals surface area contributed by atoms with Crippen LogP contribution >= 0.6 is 0 Å². The van der Waals surface area contributed by atoms with Gasteiger partial charge in [-0.05, 0) is 20.8 Å². The molecule has 5 N–H and O–H groups in total. The van der Waals surface area contributed by atoms with E-state index in [-0.39, 0.29) is 13.2 Å². The molecule has 0 aromatic rings. The van der Waals surface area contributed by atoms with Gasteiger partial charge in [0.1, 0.15) is 0 Å². The normalized spacial score (nSPS) is 13.3. The minimum atomic E-state index is -0.794. The maximum Gasteiger partial charge on any atom is 0.344 e. The van der Waals surface area contributed by atoms with Gasteiger partial charge in [0.05, 0.1) is 32.0 Å². The molecule has 0 radical (unpaired) electrons. The standard InChI is InChI=1S/C11H21N3O3.C3H6N2O/c1-4-6-17-8-10(15)7-14(9(3)12)11(16)13-5-2;1-2-5-3(4)6/h4-5,9-10,15H,1,6-8,12H2,2-3H3;2H,1H3,(H2,4,6). The van der Waals surface area contributed by atoms with E-state index in [0.29, 0.717) is 6.61 Å². The molecule has 0 aromatic carbocycles. The summed E-state index contributed by atoms with van der Waals surface area (Å²) in [6, 6.07) is -1.11. The fourth-order valence-electron chi connectivity index (χ4n) is 1.30. The van der Waals surface area contributed by atoms with Crippen molar-refractivity contribution in [3.05, 3.63) is 12.7 Å². The Morgan fingerprint density at radius 2 is 1.91 bits per heavy atom. The molecule has 132 valence electrons. The van der Waals surface area contributed by atoms with Gasteiger partial charge in [0, 0.05) is 12.4 Å². The predicted octanol–water partition coefficient (Wildman–Crippen LogP) is 0.523. The van der Waals surface area contributed by atoms with E-state index >= 15 is 0 Å². The molecule has 0 heterocycles. The van der Waals surface area contributed by atoms with Crippen LogP contribution in [0.25, 0.3) is 0 Å². The van der Waals surface area contributed by atoms with Gasteiger partial charge < -0.3 is 26.2 Å². The number of ether oxygens (including phenoxy) is 1. The van der Waals surface area contributed by atoms with Crippen molar-refractivity contribution in [2.75, 3.05) is 19.8 Å². The number of carbonyl (C=O) groups excluding carboxylic acids is 2. The van der Waals surface area contributed by atoms with Gasteiger partial charge in [-0.3, -0.25) is 0 Å². The number of hydrogen-bond donors (Lipinski definition) is 3. The number of amides is 4. The fraction of sp³-hybridized carbons (Fsp3) is 0.571. The quantitative estimate of drug-likeness (QED) is 0.270. The van der Waals surface area contributed by atoms with E-state index in [0.717, 1.165) is 0 Å². The molecule has 0 bridgehead atoms. The second-order valence-electron chi connectivity index (χ2n) is 4.27. The zero-order chi connectivity index (χ0) is 18.3. The van der Waals surface area contributed by atoms with Crippen LogP contribution in [0, 0.1) is 0 Å². The van der Waals surface area contributed by atoms with E-state index in [9.17, 15) is 14.7 Å². The number of rotatable bonds is 7. The molecule has 0 aliphatic rings. The van der Waals surface area contributed by atoms with Gasteiger partial charge in [0.25, 0.3) is 0 Å². The van der Waals surface area contributed by atoms with Gasteiger partial charge in [-0.1, -0.05) is 6.08 Å². The summed E-state index contributed by atoms with van der Waals surface area (Å²) < 4.78 is 5.08. The third-order valence-electron chi connectivity index (χ3n) is 2.19. The Kier molecular flexibility index (Phi) is 14.9. The smallest absolute Gasteiger partial charge is 0.344 e. The lowest BCUT2D eigenvalue weighted by atomic mass is 10.3. The van der Waals surface area contributed by atoms with E-state index in [1.807, 2.05) is 0 Å². The molecule has 0 spiro atoms. The molecule has 9 heteroatoms. The molecule has 0 aliphatic heterocycles.